The molecule has 2 aromatic rings. The highest BCUT2D eigenvalue weighted by Crippen LogP contribution is 2.20. The molecule has 0 spiro atoms. The smallest absolute Gasteiger partial charge is 0.227 e. The Bertz CT molecular complexity index is 620. The molecule has 124 valence electrons. The Morgan fingerprint density at radius 1 is 1.30 bits per heavy atom. The lowest BCUT2D eigenvalue weighted by molar-refractivity contribution is -0.121. The SMILES string of the molecule is COCCNC(=O)CCc1nc(-c2ccc(C(C)C)cc2)no1. The maximum absolute atomic E-state index is 11.6. The van der Waals surface area contributed by atoms with Crippen molar-refractivity contribution in [1.82, 2.24) is 15.5 Å². The van der Waals surface area contributed by atoms with E-state index in [1.165, 1.54) is 5.56 Å². The lowest BCUT2D eigenvalue weighted by Gasteiger charge is -2.04. The zero-order valence-electron chi connectivity index (χ0n) is 13.8. The number of carbonyl (C=O) groups is 1. The van der Waals surface area contributed by atoms with Gasteiger partial charge in [-0.15, -0.1) is 0 Å². The first-order valence-corrected chi connectivity index (χ1v) is 7.78. The van der Waals surface area contributed by atoms with Crippen molar-refractivity contribution in [1.29, 1.82) is 0 Å². The maximum Gasteiger partial charge on any atom is 0.227 e. The van der Waals surface area contributed by atoms with E-state index in [1.54, 1.807) is 7.11 Å². The first-order valence-electron chi connectivity index (χ1n) is 7.78. The monoisotopic (exact) mass is 317 g/mol. The second kappa shape index (κ2) is 8.43. The Labute approximate surface area is 136 Å². The largest absolute Gasteiger partial charge is 0.383 e. The van der Waals surface area contributed by atoms with E-state index in [-0.39, 0.29) is 5.91 Å². The molecule has 1 heterocycles. The number of methoxy groups -OCH3 is 1. The van der Waals surface area contributed by atoms with Gasteiger partial charge in [0, 0.05) is 32.1 Å². The molecular formula is C17H23N3O3. The zero-order chi connectivity index (χ0) is 16.7. The van der Waals surface area contributed by atoms with Crippen LogP contribution in [-0.4, -0.2) is 36.3 Å². The molecule has 23 heavy (non-hydrogen) atoms. The van der Waals surface area contributed by atoms with Crippen LogP contribution in [0.15, 0.2) is 28.8 Å². The van der Waals surface area contributed by atoms with Gasteiger partial charge >= 0.3 is 0 Å². The predicted octanol–water partition coefficient (Wildman–Crippen LogP) is 2.56. The number of ether oxygens (including phenoxy) is 1. The minimum atomic E-state index is -0.0527. The highest BCUT2D eigenvalue weighted by molar-refractivity contribution is 5.76. The Balaban J connectivity index is 1.89. The van der Waals surface area contributed by atoms with E-state index in [2.05, 4.69) is 41.4 Å². The average Bonchev–Trinajstić information content (AvgIpc) is 3.02. The van der Waals surface area contributed by atoms with Crippen molar-refractivity contribution in [3.05, 3.63) is 35.7 Å². The van der Waals surface area contributed by atoms with Crippen LogP contribution in [0.4, 0.5) is 0 Å². The standard InChI is InChI=1S/C17H23N3O3/c1-12(2)13-4-6-14(7-5-13)17-19-16(23-20-17)9-8-15(21)18-10-11-22-3/h4-7,12H,8-11H2,1-3H3,(H,18,21). The van der Waals surface area contributed by atoms with Crippen LogP contribution in [0.5, 0.6) is 0 Å². The van der Waals surface area contributed by atoms with E-state index in [0.717, 1.165) is 5.56 Å². The molecule has 0 saturated carbocycles. The highest BCUT2D eigenvalue weighted by atomic mass is 16.5. The van der Waals surface area contributed by atoms with Crippen LogP contribution in [-0.2, 0) is 16.0 Å². The van der Waals surface area contributed by atoms with Gasteiger partial charge in [0.2, 0.25) is 17.6 Å². The van der Waals surface area contributed by atoms with Crippen molar-refractivity contribution in [3.63, 3.8) is 0 Å². The first kappa shape index (κ1) is 17.1. The summed E-state index contributed by atoms with van der Waals surface area (Å²) >= 11 is 0. The van der Waals surface area contributed by atoms with E-state index in [1.807, 2.05) is 12.1 Å². The molecule has 0 unspecified atom stereocenters. The highest BCUT2D eigenvalue weighted by Gasteiger charge is 2.11. The van der Waals surface area contributed by atoms with Gasteiger partial charge in [-0.1, -0.05) is 43.3 Å². The summed E-state index contributed by atoms with van der Waals surface area (Å²) in [6.07, 6.45) is 0.744. The topological polar surface area (TPSA) is 77.2 Å². The van der Waals surface area contributed by atoms with E-state index in [4.69, 9.17) is 9.26 Å². The quantitative estimate of drug-likeness (QED) is 0.757. The van der Waals surface area contributed by atoms with Gasteiger partial charge in [-0.3, -0.25) is 4.79 Å². The summed E-state index contributed by atoms with van der Waals surface area (Å²) in [5, 5.41) is 6.73. The normalized spacial score (nSPS) is 11.0. The van der Waals surface area contributed by atoms with E-state index in [9.17, 15) is 4.79 Å². The number of rotatable bonds is 8. The molecule has 6 nitrogen and oxygen atoms in total. The van der Waals surface area contributed by atoms with E-state index < -0.39 is 0 Å². The molecule has 1 amide bonds. The Kier molecular flexibility index (Phi) is 6.29. The molecule has 0 aliphatic heterocycles. The van der Waals surface area contributed by atoms with Crippen molar-refractivity contribution < 1.29 is 14.1 Å². The zero-order valence-corrected chi connectivity index (χ0v) is 13.8. The fraction of sp³-hybridized carbons (Fsp3) is 0.471. The lowest BCUT2D eigenvalue weighted by atomic mass is 10.0. The summed E-state index contributed by atoms with van der Waals surface area (Å²) in [6.45, 7) is 5.31. The summed E-state index contributed by atoms with van der Waals surface area (Å²) in [5.41, 5.74) is 2.18. The third-order valence-corrected chi connectivity index (χ3v) is 3.50. The van der Waals surface area contributed by atoms with Crippen molar-refractivity contribution in [3.8, 4) is 11.4 Å². The van der Waals surface area contributed by atoms with Crippen LogP contribution < -0.4 is 5.32 Å². The minimum Gasteiger partial charge on any atom is -0.383 e. The second-order valence-electron chi connectivity index (χ2n) is 5.63. The van der Waals surface area contributed by atoms with Crippen LogP contribution in [0.25, 0.3) is 11.4 Å². The first-order chi connectivity index (χ1) is 11.1. The number of nitrogens with zero attached hydrogens (tertiary/aromatic N) is 2. The third-order valence-electron chi connectivity index (χ3n) is 3.50. The van der Waals surface area contributed by atoms with Gasteiger partial charge in [0.25, 0.3) is 0 Å². The fourth-order valence-electron chi connectivity index (χ4n) is 2.09. The number of hydrogen-bond acceptors (Lipinski definition) is 5. The molecule has 1 aromatic carbocycles. The van der Waals surface area contributed by atoms with Crippen LogP contribution in [0, 0.1) is 0 Å². The van der Waals surface area contributed by atoms with Gasteiger partial charge in [-0.25, -0.2) is 0 Å². The Morgan fingerprint density at radius 2 is 2.04 bits per heavy atom. The number of benzene rings is 1. The third kappa shape index (κ3) is 5.17. The van der Waals surface area contributed by atoms with Crippen molar-refractivity contribution in [2.24, 2.45) is 0 Å². The van der Waals surface area contributed by atoms with Gasteiger partial charge < -0.3 is 14.6 Å². The number of amides is 1. The molecule has 2 rings (SSSR count). The van der Waals surface area contributed by atoms with Crippen LogP contribution >= 0.6 is 0 Å². The number of carbonyl (C=O) groups excluding carboxylic acids is 1. The predicted molar refractivity (Wildman–Crippen MR) is 87.0 cm³/mol. The van der Waals surface area contributed by atoms with Gasteiger partial charge in [0.1, 0.15) is 0 Å². The Morgan fingerprint density at radius 3 is 2.70 bits per heavy atom. The molecule has 0 bridgehead atoms. The van der Waals surface area contributed by atoms with Crippen LogP contribution in [0.3, 0.4) is 0 Å². The van der Waals surface area contributed by atoms with Gasteiger partial charge in [0.15, 0.2) is 0 Å². The maximum atomic E-state index is 11.6. The summed E-state index contributed by atoms with van der Waals surface area (Å²) in [7, 11) is 1.60. The molecule has 0 radical (unpaired) electrons. The molecule has 0 fully saturated rings. The molecular weight excluding hydrogens is 294 g/mol. The molecule has 0 saturated heterocycles. The van der Waals surface area contributed by atoms with Crippen molar-refractivity contribution >= 4 is 5.91 Å². The van der Waals surface area contributed by atoms with Gasteiger partial charge in [-0.05, 0) is 11.5 Å². The lowest BCUT2D eigenvalue weighted by Crippen LogP contribution is -2.27. The summed E-state index contributed by atoms with van der Waals surface area (Å²) in [6, 6.07) is 8.11. The number of aryl methyl sites for hydroxylation is 1. The van der Waals surface area contributed by atoms with Crippen LogP contribution in [0.2, 0.25) is 0 Å². The number of nitrogens with one attached hydrogen (secondary N) is 1. The van der Waals surface area contributed by atoms with E-state index in [0.29, 0.717) is 43.6 Å². The molecule has 0 aliphatic carbocycles. The van der Waals surface area contributed by atoms with Gasteiger partial charge in [-0.2, -0.15) is 4.98 Å². The molecule has 6 heteroatoms. The second-order valence-corrected chi connectivity index (χ2v) is 5.63. The fourth-order valence-corrected chi connectivity index (χ4v) is 2.09. The molecule has 0 aliphatic rings. The average molecular weight is 317 g/mol. The Hall–Kier alpha value is -2.21. The molecule has 1 N–H and O–H groups in total. The summed E-state index contributed by atoms with van der Waals surface area (Å²) < 4.78 is 10.1. The number of hydrogen-bond donors (Lipinski definition) is 1. The number of aromatic nitrogens is 2. The minimum absolute atomic E-state index is 0.0527. The van der Waals surface area contributed by atoms with Crippen molar-refractivity contribution in [2.75, 3.05) is 20.3 Å². The summed E-state index contributed by atoms with van der Waals surface area (Å²) in [5.74, 6) is 1.45. The van der Waals surface area contributed by atoms with Crippen molar-refractivity contribution in [2.45, 2.75) is 32.6 Å². The molecule has 1 aromatic heterocycles. The molecule has 0 atom stereocenters. The summed E-state index contributed by atoms with van der Waals surface area (Å²) in [4.78, 5) is 16.0. The van der Waals surface area contributed by atoms with Gasteiger partial charge in [0.05, 0.1) is 6.61 Å². The van der Waals surface area contributed by atoms with Crippen LogP contribution in [0.1, 0.15) is 37.6 Å². The van der Waals surface area contributed by atoms with E-state index >= 15 is 0 Å².